The number of aryl methyl sites for hydroxylation is 1. The number of hydrogen-bond donors (Lipinski definition) is 1. The van der Waals surface area contributed by atoms with E-state index >= 15 is 0 Å². The Labute approximate surface area is 152 Å². The zero-order valence-corrected chi connectivity index (χ0v) is 15.3. The Bertz CT molecular complexity index is 1060. The van der Waals surface area contributed by atoms with Crippen molar-refractivity contribution in [3.05, 3.63) is 52.8 Å². The van der Waals surface area contributed by atoms with Crippen LogP contribution in [0.15, 0.2) is 41.3 Å². The van der Waals surface area contributed by atoms with Gasteiger partial charge in [-0.1, -0.05) is 22.9 Å². The van der Waals surface area contributed by atoms with E-state index in [0.717, 1.165) is 34.5 Å². The van der Waals surface area contributed by atoms with Crippen LogP contribution in [-0.2, 0) is 14.6 Å². The van der Waals surface area contributed by atoms with Gasteiger partial charge >= 0.3 is 0 Å². The second kappa shape index (κ2) is 6.70. The van der Waals surface area contributed by atoms with E-state index in [2.05, 4.69) is 10.3 Å². The molecule has 0 unspecified atom stereocenters. The molecule has 0 spiro atoms. The van der Waals surface area contributed by atoms with Gasteiger partial charge in [0.25, 0.3) is 0 Å². The summed E-state index contributed by atoms with van der Waals surface area (Å²) in [6.45, 7) is 1.81. The number of carbonyl (C=O) groups excluding carboxylic acids is 1. The molecule has 1 N–H and O–H groups in total. The second-order valence-electron chi connectivity index (χ2n) is 5.30. The molecule has 0 saturated heterocycles. The molecule has 3 aromatic rings. The van der Waals surface area contributed by atoms with Crippen molar-refractivity contribution in [2.45, 2.75) is 11.8 Å². The van der Waals surface area contributed by atoms with E-state index in [1.807, 2.05) is 6.92 Å². The number of sulfone groups is 1. The van der Waals surface area contributed by atoms with Crippen LogP contribution in [0.2, 0.25) is 5.02 Å². The summed E-state index contributed by atoms with van der Waals surface area (Å²) in [5, 5.41) is 3.34. The lowest BCUT2D eigenvalue weighted by atomic mass is 10.2. The van der Waals surface area contributed by atoms with E-state index in [4.69, 9.17) is 11.6 Å². The number of hydrogen-bond acceptors (Lipinski definition) is 5. The predicted molar refractivity (Wildman–Crippen MR) is 96.4 cm³/mol. The summed E-state index contributed by atoms with van der Waals surface area (Å²) in [5.41, 5.74) is 1.45. The van der Waals surface area contributed by atoms with Gasteiger partial charge in [0.05, 0.1) is 15.1 Å². The van der Waals surface area contributed by atoms with Gasteiger partial charge in [-0.25, -0.2) is 17.8 Å². The van der Waals surface area contributed by atoms with Crippen LogP contribution in [-0.4, -0.2) is 25.1 Å². The van der Waals surface area contributed by atoms with Gasteiger partial charge in [-0.2, -0.15) is 0 Å². The van der Waals surface area contributed by atoms with Crippen LogP contribution in [0.5, 0.6) is 0 Å². The van der Waals surface area contributed by atoms with Crippen LogP contribution >= 0.6 is 22.9 Å². The topological polar surface area (TPSA) is 76.1 Å². The summed E-state index contributed by atoms with van der Waals surface area (Å²) < 4.78 is 38.1. The first-order valence-corrected chi connectivity index (χ1v) is 9.95. The molecule has 0 atom stereocenters. The summed E-state index contributed by atoms with van der Waals surface area (Å²) in [7, 11) is -3.86. The highest BCUT2D eigenvalue weighted by Crippen LogP contribution is 2.31. The first-order chi connectivity index (χ1) is 11.8. The smallest absolute Gasteiger partial charge is 0.241 e. The molecule has 0 saturated carbocycles. The monoisotopic (exact) mass is 398 g/mol. The Morgan fingerprint density at radius 2 is 1.92 bits per heavy atom. The quantitative estimate of drug-likeness (QED) is 0.678. The number of nitrogens with zero attached hydrogens (tertiary/aromatic N) is 1. The predicted octanol–water partition coefficient (Wildman–Crippen LogP) is 3.81. The lowest BCUT2D eigenvalue weighted by Gasteiger charge is -2.04. The summed E-state index contributed by atoms with van der Waals surface area (Å²) in [6.07, 6.45) is 0. The first-order valence-electron chi connectivity index (χ1n) is 7.10. The number of aromatic nitrogens is 1. The van der Waals surface area contributed by atoms with Gasteiger partial charge in [0.2, 0.25) is 5.91 Å². The van der Waals surface area contributed by atoms with Crippen molar-refractivity contribution in [3.8, 4) is 0 Å². The van der Waals surface area contributed by atoms with Crippen molar-refractivity contribution in [1.82, 2.24) is 4.98 Å². The molecule has 0 aliphatic heterocycles. The second-order valence-corrected chi connectivity index (χ2v) is 8.73. The van der Waals surface area contributed by atoms with E-state index in [1.54, 1.807) is 12.1 Å². The highest BCUT2D eigenvalue weighted by atomic mass is 35.5. The number of rotatable bonds is 4. The van der Waals surface area contributed by atoms with E-state index in [9.17, 15) is 17.6 Å². The number of benzene rings is 2. The average molecular weight is 399 g/mol. The van der Waals surface area contributed by atoms with Gasteiger partial charge in [-0.3, -0.25) is 4.79 Å². The van der Waals surface area contributed by atoms with Crippen LogP contribution < -0.4 is 5.32 Å². The number of carbonyl (C=O) groups is 1. The Balaban J connectivity index is 1.78. The molecule has 0 bridgehead atoms. The average Bonchev–Trinajstić information content (AvgIpc) is 2.94. The van der Waals surface area contributed by atoms with Crippen LogP contribution in [0.4, 0.5) is 9.52 Å². The van der Waals surface area contributed by atoms with Gasteiger partial charge in [0.15, 0.2) is 15.0 Å². The molecule has 25 heavy (non-hydrogen) atoms. The number of thiazole rings is 1. The van der Waals surface area contributed by atoms with Crippen LogP contribution in [0.1, 0.15) is 5.56 Å². The van der Waals surface area contributed by atoms with Gasteiger partial charge in [-0.05, 0) is 48.9 Å². The Hall–Kier alpha value is -2.03. The molecule has 3 rings (SSSR count). The van der Waals surface area contributed by atoms with Gasteiger partial charge < -0.3 is 5.32 Å². The van der Waals surface area contributed by atoms with Gasteiger partial charge in [0, 0.05) is 5.02 Å². The summed E-state index contributed by atoms with van der Waals surface area (Å²) in [6, 6.07) is 7.84. The minimum atomic E-state index is -3.86. The third-order valence-electron chi connectivity index (χ3n) is 3.49. The Morgan fingerprint density at radius 3 is 2.60 bits per heavy atom. The summed E-state index contributed by atoms with van der Waals surface area (Å²) in [5.74, 6) is -2.02. The minimum Gasteiger partial charge on any atom is -0.301 e. The van der Waals surface area contributed by atoms with Crippen LogP contribution in [0, 0.1) is 12.7 Å². The fraction of sp³-hybridized carbons (Fsp3) is 0.125. The van der Waals surface area contributed by atoms with E-state index in [-0.39, 0.29) is 4.90 Å². The Kier molecular flexibility index (Phi) is 4.77. The van der Waals surface area contributed by atoms with Crippen LogP contribution in [0.25, 0.3) is 10.2 Å². The van der Waals surface area contributed by atoms with E-state index in [1.165, 1.54) is 11.3 Å². The highest BCUT2D eigenvalue weighted by Gasteiger charge is 2.20. The molecule has 1 amide bonds. The summed E-state index contributed by atoms with van der Waals surface area (Å²) in [4.78, 5) is 16.2. The number of anilines is 1. The van der Waals surface area contributed by atoms with Crippen molar-refractivity contribution in [3.63, 3.8) is 0 Å². The third kappa shape index (κ3) is 3.81. The zero-order chi connectivity index (χ0) is 18.2. The zero-order valence-electron chi connectivity index (χ0n) is 12.9. The number of amides is 1. The number of nitrogens with one attached hydrogen (secondary N) is 1. The van der Waals surface area contributed by atoms with Gasteiger partial charge in [-0.15, -0.1) is 0 Å². The SMILES string of the molecule is Cc1c(Cl)ccc2sc(NC(=O)CS(=O)(=O)c3ccc(F)cc3)nc12. The molecule has 0 fully saturated rings. The van der Waals surface area contributed by atoms with Crippen molar-refractivity contribution in [2.24, 2.45) is 0 Å². The van der Waals surface area contributed by atoms with E-state index in [0.29, 0.717) is 15.7 Å². The van der Waals surface area contributed by atoms with Gasteiger partial charge in [0.1, 0.15) is 11.6 Å². The van der Waals surface area contributed by atoms with Crippen molar-refractivity contribution < 1.29 is 17.6 Å². The molecule has 0 aliphatic carbocycles. The minimum absolute atomic E-state index is 0.115. The van der Waals surface area contributed by atoms with Crippen molar-refractivity contribution in [2.75, 3.05) is 11.1 Å². The molecule has 2 aromatic carbocycles. The maximum absolute atomic E-state index is 12.9. The number of fused-ring (bicyclic) bond motifs is 1. The highest BCUT2D eigenvalue weighted by molar-refractivity contribution is 7.92. The van der Waals surface area contributed by atoms with E-state index < -0.39 is 27.3 Å². The van der Waals surface area contributed by atoms with Crippen molar-refractivity contribution >= 4 is 54.0 Å². The lowest BCUT2D eigenvalue weighted by Crippen LogP contribution is -2.22. The molecule has 1 aromatic heterocycles. The largest absolute Gasteiger partial charge is 0.301 e. The third-order valence-corrected chi connectivity index (χ3v) is 6.47. The fourth-order valence-electron chi connectivity index (χ4n) is 2.21. The standard InChI is InChI=1S/C16H12ClFN2O3S2/c1-9-12(17)6-7-13-15(9)20-16(24-13)19-14(21)8-25(22,23)11-4-2-10(18)3-5-11/h2-7H,8H2,1H3,(H,19,20,21). The lowest BCUT2D eigenvalue weighted by molar-refractivity contribution is -0.113. The maximum atomic E-state index is 12.9. The fourth-order valence-corrected chi connectivity index (χ4v) is 4.44. The van der Waals surface area contributed by atoms with Crippen molar-refractivity contribution in [1.29, 1.82) is 0 Å². The molecule has 1 heterocycles. The normalized spacial score (nSPS) is 11.6. The molecule has 130 valence electrons. The molecular weight excluding hydrogens is 387 g/mol. The molecule has 9 heteroatoms. The van der Waals surface area contributed by atoms with Crippen LogP contribution in [0.3, 0.4) is 0 Å². The molecule has 0 radical (unpaired) electrons. The number of halogens is 2. The Morgan fingerprint density at radius 1 is 1.24 bits per heavy atom. The first kappa shape index (κ1) is 17.8. The maximum Gasteiger partial charge on any atom is 0.241 e. The molecule has 5 nitrogen and oxygen atoms in total. The molecule has 0 aliphatic rings. The molecular formula is C16H12ClFN2O3S2. The summed E-state index contributed by atoms with van der Waals surface area (Å²) >= 11 is 7.27.